The van der Waals surface area contributed by atoms with E-state index in [1.54, 1.807) is 9.80 Å². The summed E-state index contributed by atoms with van der Waals surface area (Å²) in [4.78, 5) is 29.2. The van der Waals surface area contributed by atoms with E-state index in [4.69, 9.17) is 0 Å². The zero-order valence-electron chi connectivity index (χ0n) is 16.6. The van der Waals surface area contributed by atoms with Crippen molar-refractivity contribution in [3.8, 4) is 0 Å². The van der Waals surface area contributed by atoms with Gasteiger partial charge in [-0.15, -0.1) is 0 Å². The van der Waals surface area contributed by atoms with Gasteiger partial charge in [0.05, 0.1) is 18.7 Å². The van der Waals surface area contributed by atoms with Gasteiger partial charge in [0.2, 0.25) is 0 Å². The number of likely N-dealkylation sites (tertiary alicyclic amines) is 1. The molecule has 0 aromatic heterocycles. The van der Waals surface area contributed by atoms with Gasteiger partial charge in [0, 0.05) is 29.9 Å². The van der Waals surface area contributed by atoms with E-state index in [0.717, 1.165) is 11.3 Å². The lowest BCUT2D eigenvalue weighted by Crippen LogP contribution is -2.71. The lowest BCUT2D eigenvalue weighted by Gasteiger charge is -2.58. The third kappa shape index (κ3) is 3.42. The molecule has 0 unspecified atom stereocenters. The zero-order chi connectivity index (χ0) is 20.5. The van der Waals surface area contributed by atoms with Gasteiger partial charge < -0.3 is 20.6 Å². The number of hydrogen-bond donors (Lipinski definition) is 3. The van der Waals surface area contributed by atoms with E-state index in [9.17, 15) is 14.7 Å². The highest BCUT2D eigenvalue weighted by Crippen LogP contribution is 2.48. The number of amides is 4. The Morgan fingerprint density at radius 1 is 1.07 bits per heavy atom. The Kier molecular flexibility index (Phi) is 5.15. The number of para-hydroxylation sites is 2. The van der Waals surface area contributed by atoms with Crippen molar-refractivity contribution in [3.05, 3.63) is 60.2 Å². The fourth-order valence-electron chi connectivity index (χ4n) is 4.39. The van der Waals surface area contributed by atoms with Crippen LogP contribution in [0.3, 0.4) is 0 Å². The number of nitrogens with zero attached hydrogens (tertiary/aromatic N) is 2. The number of anilines is 2. The molecule has 1 fully saturated rings. The summed E-state index contributed by atoms with van der Waals surface area (Å²) >= 11 is 0. The molecule has 0 aliphatic carbocycles. The minimum Gasteiger partial charge on any atom is -0.394 e. The predicted octanol–water partition coefficient (Wildman–Crippen LogP) is 2.99. The smallest absolute Gasteiger partial charge is 0.322 e. The molecule has 7 heteroatoms. The van der Waals surface area contributed by atoms with Crippen molar-refractivity contribution in [1.82, 2.24) is 10.2 Å². The molecular weight excluding hydrogens is 368 g/mol. The first-order valence-corrected chi connectivity index (χ1v) is 9.93. The number of hydrogen-bond acceptors (Lipinski definition) is 3. The van der Waals surface area contributed by atoms with Gasteiger partial charge in [0.25, 0.3) is 0 Å². The van der Waals surface area contributed by atoms with Gasteiger partial charge in [0.15, 0.2) is 0 Å². The molecule has 2 aliphatic heterocycles. The second kappa shape index (κ2) is 7.75. The minimum atomic E-state index is -0.319. The molecule has 1 saturated heterocycles. The molecule has 7 nitrogen and oxygen atoms in total. The van der Waals surface area contributed by atoms with Crippen LogP contribution >= 0.6 is 0 Å². The maximum atomic E-state index is 13.0. The molecule has 3 atom stereocenters. The van der Waals surface area contributed by atoms with E-state index in [1.807, 2.05) is 68.4 Å². The quantitative estimate of drug-likeness (QED) is 0.748. The van der Waals surface area contributed by atoms with Gasteiger partial charge in [-0.25, -0.2) is 9.59 Å². The molecular formula is C22H26N4O3. The number of carbonyl (C=O) groups excluding carboxylic acids is 2. The van der Waals surface area contributed by atoms with Crippen LogP contribution in [0.1, 0.15) is 25.3 Å². The third-order valence-electron chi connectivity index (χ3n) is 5.60. The Bertz CT molecular complexity index is 902. The number of aliphatic hydroxyl groups excluding tert-OH is 1. The third-order valence-corrected chi connectivity index (χ3v) is 5.60. The van der Waals surface area contributed by atoms with Crippen LogP contribution in [0.2, 0.25) is 0 Å². The largest absolute Gasteiger partial charge is 0.394 e. The Morgan fingerprint density at radius 2 is 1.76 bits per heavy atom. The Morgan fingerprint density at radius 3 is 2.45 bits per heavy atom. The zero-order valence-corrected chi connectivity index (χ0v) is 16.6. The number of urea groups is 2. The van der Waals surface area contributed by atoms with Crippen LogP contribution in [0, 0.1) is 0 Å². The van der Waals surface area contributed by atoms with Crippen molar-refractivity contribution in [3.63, 3.8) is 0 Å². The SMILES string of the molecule is CC(C)NC(=O)N1C[C@@H]2[C@H](c3ccccc31)[C@H](CO)N2C(=O)Nc1ccccc1. The molecule has 2 aliphatic rings. The first kappa shape index (κ1) is 19.3. The van der Waals surface area contributed by atoms with E-state index < -0.39 is 0 Å². The molecule has 4 rings (SSSR count). The summed E-state index contributed by atoms with van der Waals surface area (Å²) in [7, 11) is 0. The Hall–Kier alpha value is -3.06. The predicted molar refractivity (Wildman–Crippen MR) is 112 cm³/mol. The van der Waals surface area contributed by atoms with Gasteiger partial charge in [0.1, 0.15) is 0 Å². The van der Waals surface area contributed by atoms with Crippen LogP contribution in [-0.4, -0.2) is 53.3 Å². The average Bonchev–Trinajstić information content (AvgIpc) is 2.68. The summed E-state index contributed by atoms with van der Waals surface area (Å²) in [6.45, 7) is 4.09. The van der Waals surface area contributed by atoms with Crippen LogP contribution in [-0.2, 0) is 0 Å². The summed E-state index contributed by atoms with van der Waals surface area (Å²) in [6, 6.07) is 16.0. The van der Waals surface area contributed by atoms with Crippen molar-refractivity contribution >= 4 is 23.4 Å². The number of nitrogens with one attached hydrogen (secondary N) is 2. The lowest BCUT2D eigenvalue weighted by atomic mass is 9.72. The van der Waals surface area contributed by atoms with Crippen molar-refractivity contribution in [2.24, 2.45) is 0 Å². The number of rotatable bonds is 3. The number of aliphatic hydroxyl groups is 1. The molecule has 2 aromatic carbocycles. The van der Waals surface area contributed by atoms with Gasteiger partial charge in [-0.1, -0.05) is 36.4 Å². The summed E-state index contributed by atoms with van der Waals surface area (Å²) in [5, 5.41) is 15.9. The van der Waals surface area contributed by atoms with Gasteiger partial charge >= 0.3 is 12.1 Å². The molecule has 3 N–H and O–H groups in total. The number of carbonyl (C=O) groups is 2. The number of benzene rings is 2. The van der Waals surface area contributed by atoms with Crippen LogP contribution in [0.5, 0.6) is 0 Å². The van der Waals surface area contributed by atoms with E-state index in [2.05, 4.69) is 10.6 Å². The molecule has 2 aromatic rings. The lowest BCUT2D eigenvalue weighted by molar-refractivity contribution is -0.00197. The molecule has 0 spiro atoms. The van der Waals surface area contributed by atoms with Crippen LogP contribution in [0.4, 0.5) is 21.0 Å². The normalized spacial score (nSPS) is 22.4. The van der Waals surface area contributed by atoms with Crippen LogP contribution < -0.4 is 15.5 Å². The van der Waals surface area contributed by atoms with Gasteiger partial charge in [-0.05, 0) is 37.6 Å². The fraction of sp³-hybridized carbons (Fsp3) is 0.364. The maximum Gasteiger partial charge on any atom is 0.322 e. The average molecular weight is 394 g/mol. The van der Waals surface area contributed by atoms with E-state index in [1.165, 1.54) is 0 Å². The standard InChI is InChI=1S/C22H26N4O3/c1-14(2)23-21(28)25-12-18-20(16-10-6-7-11-17(16)25)19(13-27)26(18)22(29)24-15-8-4-3-5-9-15/h3-11,14,18-20,27H,12-13H2,1-2H3,(H,23,28)(H,24,29)/t18-,19+,20+/m1/s1. The molecule has 2 heterocycles. The Labute approximate surface area is 170 Å². The van der Waals surface area contributed by atoms with E-state index >= 15 is 0 Å². The highest BCUT2D eigenvalue weighted by atomic mass is 16.3. The first-order valence-electron chi connectivity index (χ1n) is 9.93. The van der Waals surface area contributed by atoms with Crippen molar-refractivity contribution in [1.29, 1.82) is 0 Å². The highest BCUT2D eigenvalue weighted by Gasteiger charge is 2.55. The van der Waals surface area contributed by atoms with Crippen molar-refractivity contribution in [2.45, 2.75) is 37.9 Å². The summed E-state index contributed by atoms with van der Waals surface area (Å²) in [6.07, 6.45) is 0. The molecule has 0 bridgehead atoms. The van der Waals surface area contributed by atoms with E-state index in [0.29, 0.717) is 12.2 Å². The Balaban J connectivity index is 1.62. The first-order chi connectivity index (χ1) is 14.0. The molecule has 0 radical (unpaired) electrons. The monoisotopic (exact) mass is 394 g/mol. The van der Waals surface area contributed by atoms with Crippen molar-refractivity contribution in [2.75, 3.05) is 23.4 Å². The summed E-state index contributed by atoms with van der Waals surface area (Å²) in [5.74, 6) is 0.000762. The molecule has 152 valence electrons. The van der Waals surface area contributed by atoms with Crippen molar-refractivity contribution < 1.29 is 14.7 Å². The molecule has 4 amide bonds. The van der Waals surface area contributed by atoms with Crippen LogP contribution in [0.15, 0.2) is 54.6 Å². The molecule has 29 heavy (non-hydrogen) atoms. The molecule has 0 saturated carbocycles. The topological polar surface area (TPSA) is 84.9 Å². The minimum absolute atomic E-state index is 0.000762. The van der Waals surface area contributed by atoms with E-state index in [-0.39, 0.29) is 42.7 Å². The van der Waals surface area contributed by atoms with Gasteiger partial charge in [-0.3, -0.25) is 4.90 Å². The second-order valence-corrected chi connectivity index (χ2v) is 7.82. The van der Waals surface area contributed by atoms with Gasteiger partial charge in [-0.2, -0.15) is 0 Å². The van der Waals surface area contributed by atoms with Crippen LogP contribution in [0.25, 0.3) is 0 Å². The second-order valence-electron chi connectivity index (χ2n) is 7.82. The summed E-state index contributed by atoms with van der Waals surface area (Å²) < 4.78 is 0. The highest BCUT2D eigenvalue weighted by molar-refractivity contribution is 5.96. The summed E-state index contributed by atoms with van der Waals surface area (Å²) in [5.41, 5.74) is 2.53. The maximum absolute atomic E-state index is 13.0. The fourth-order valence-corrected chi connectivity index (χ4v) is 4.39. The number of fused-ring (bicyclic) bond motifs is 3.